The fraction of sp³-hybridized carbons (Fsp3) is 0. The van der Waals surface area contributed by atoms with Crippen molar-refractivity contribution in [2.24, 2.45) is 10.2 Å². The third-order valence-electron chi connectivity index (χ3n) is 4.28. The highest BCUT2D eigenvalue weighted by Crippen LogP contribution is 2.33. The van der Waals surface area contributed by atoms with E-state index < -0.39 is 4.92 Å². The molecule has 0 unspecified atom stereocenters. The summed E-state index contributed by atoms with van der Waals surface area (Å²) in [5, 5.41) is 26.1. The van der Waals surface area contributed by atoms with Crippen molar-refractivity contribution in [1.82, 2.24) is 9.97 Å². The van der Waals surface area contributed by atoms with Crippen LogP contribution >= 0.6 is 22.6 Å². The monoisotopic (exact) mass is 537 g/mol. The lowest BCUT2D eigenvalue weighted by molar-refractivity contribution is -0.383. The molecule has 4 aromatic rings. The number of nitrogens with zero attached hydrogens (tertiary/aromatic N) is 5. The number of hydrogen-bond donors (Lipinski definition) is 2. The Morgan fingerprint density at radius 2 is 1.25 bits per heavy atom. The summed E-state index contributed by atoms with van der Waals surface area (Å²) in [4.78, 5) is 19.4. The molecule has 158 valence electrons. The molecule has 9 nitrogen and oxygen atoms in total. The third-order valence-corrected chi connectivity index (χ3v) is 5.00. The Morgan fingerprint density at radius 1 is 0.750 bits per heavy atom. The molecule has 0 saturated heterocycles. The lowest BCUT2D eigenvalue weighted by Gasteiger charge is -2.10. The summed E-state index contributed by atoms with van der Waals surface area (Å²) in [6.07, 6.45) is 1.27. The molecule has 0 amide bonds. The first kappa shape index (κ1) is 21.3. The van der Waals surface area contributed by atoms with E-state index in [1.807, 2.05) is 54.6 Å². The van der Waals surface area contributed by atoms with Gasteiger partial charge in [-0.25, -0.2) is 9.97 Å². The van der Waals surface area contributed by atoms with E-state index >= 15 is 0 Å². The maximum absolute atomic E-state index is 11.8. The van der Waals surface area contributed by atoms with Crippen LogP contribution in [0.3, 0.4) is 0 Å². The number of halogens is 1. The van der Waals surface area contributed by atoms with Crippen molar-refractivity contribution < 1.29 is 4.92 Å². The molecule has 4 rings (SSSR count). The van der Waals surface area contributed by atoms with Crippen LogP contribution in [0.5, 0.6) is 0 Å². The number of hydrogen-bond acceptors (Lipinski definition) is 8. The van der Waals surface area contributed by atoms with E-state index in [0.29, 0.717) is 17.1 Å². The maximum atomic E-state index is 11.8. The fourth-order valence-corrected chi connectivity index (χ4v) is 3.12. The van der Waals surface area contributed by atoms with E-state index in [0.717, 1.165) is 9.26 Å². The van der Waals surface area contributed by atoms with Crippen LogP contribution in [0.2, 0.25) is 0 Å². The zero-order chi connectivity index (χ0) is 22.3. The Hall–Kier alpha value is -3.93. The van der Waals surface area contributed by atoms with Gasteiger partial charge < -0.3 is 10.6 Å². The Bertz CT molecular complexity index is 1250. The number of aromatic nitrogens is 2. The molecule has 0 bridgehead atoms. The van der Waals surface area contributed by atoms with Gasteiger partial charge in [-0.1, -0.05) is 18.2 Å². The molecule has 2 N–H and O–H groups in total. The van der Waals surface area contributed by atoms with Crippen molar-refractivity contribution in [2.45, 2.75) is 0 Å². The van der Waals surface area contributed by atoms with E-state index in [2.05, 4.69) is 53.4 Å². The number of anilines is 4. The van der Waals surface area contributed by atoms with Gasteiger partial charge >= 0.3 is 5.69 Å². The SMILES string of the molecule is O=[N+]([O-])c1c(Nc2ccc(I)cc2)ncnc1Nc1ccc(N=Nc2ccccc2)cc1. The topological polar surface area (TPSA) is 118 Å². The molecule has 0 radical (unpaired) electrons. The predicted molar refractivity (Wildman–Crippen MR) is 131 cm³/mol. The first-order valence-electron chi connectivity index (χ1n) is 9.44. The van der Waals surface area contributed by atoms with Crippen molar-refractivity contribution >= 4 is 62.7 Å². The fourth-order valence-electron chi connectivity index (χ4n) is 2.76. The lowest BCUT2D eigenvalue weighted by Crippen LogP contribution is -2.05. The van der Waals surface area contributed by atoms with Crippen molar-refractivity contribution in [2.75, 3.05) is 10.6 Å². The van der Waals surface area contributed by atoms with E-state index in [9.17, 15) is 10.1 Å². The number of nitrogens with one attached hydrogen (secondary N) is 2. The molecule has 32 heavy (non-hydrogen) atoms. The molecule has 0 fully saturated rings. The standard InChI is InChI=1S/C22H16IN7O2/c23-15-6-8-16(9-7-15)26-21-20(30(31)32)22(25-14-24-21)27-17-10-12-19(13-11-17)29-28-18-4-2-1-3-5-18/h1-14H,(H2,24,25,26,27). The summed E-state index contributed by atoms with van der Waals surface area (Å²) in [5.41, 5.74) is 2.45. The molecule has 0 atom stereocenters. The van der Waals surface area contributed by atoms with Gasteiger partial charge in [0.25, 0.3) is 0 Å². The molecule has 0 aliphatic rings. The lowest BCUT2D eigenvalue weighted by atomic mass is 10.2. The summed E-state index contributed by atoms with van der Waals surface area (Å²) in [7, 11) is 0. The second kappa shape index (κ2) is 9.92. The van der Waals surface area contributed by atoms with Gasteiger partial charge in [-0.15, -0.1) is 0 Å². The molecule has 1 aromatic heterocycles. The van der Waals surface area contributed by atoms with Gasteiger partial charge in [0.15, 0.2) is 0 Å². The summed E-state index contributed by atoms with van der Waals surface area (Å²) in [6, 6.07) is 23.8. The molecular weight excluding hydrogens is 521 g/mol. The molecule has 1 heterocycles. The summed E-state index contributed by atoms with van der Waals surface area (Å²) < 4.78 is 1.06. The smallest absolute Gasteiger partial charge is 0.334 e. The van der Waals surface area contributed by atoms with Gasteiger partial charge in [0.05, 0.1) is 16.3 Å². The Morgan fingerprint density at radius 3 is 1.78 bits per heavy atom. The zero-order valence-corrected chi connectivity index (χ0v) is 18.7. The van der Waals surface area contributed by atoms with Crippen LogP contribution in [0.4, 0.5) is 40.1 Å². The molecule has 0 saturated carbocycles. The van der Waals surface area contributed by atoms with Gasteiger partial charge in [0.2, 0.25) is 11.6 Å². The quantitative estimate of drug-likeness (QED) is 0.115. The van der Waals surface area contributed by atoms with Gasteiger partial charge in [0.1, 0.15) is 6.33 Å². The molecular formula is C22H16IN7O2. The maximum Gasteiger partial charge on any atom is 0.353 e. The Kier molecular flexibility index (Phi) is 6.60. The number of azo groups is 1. The summed E-state index contributed by atoms with van der Waals surface area (Å²) in [6.45, 7) is 0. The van der Waals surface area contributed by atoms with Crippen LogP contribution in [0.15, 0.2) is 95.4 Å². The minimum Gasteiger partial charge on any atom is -0.334 e. The van der Waals surface area contributed by atoms with Crippen LogP contribution in [0.1, 0.15) is 0 Å². The number of benzene rings is 3. The highest BCUT2D eigenvalue weighted by atomic mass is 127. The second-order valence-corrected chi connectivity index (χ2v) is 7.76. The zero-order valence-electron chi connectivity index (χ0n) is 16.5. The van der Waals surface area contributed by atoms with Gasteiger partial charge in [-0.2, -0.15) is 10.2 Å². The van der Waals surface area contributed by atoms with Gasteiger partial charge in [-0.05, 0) is 83.3 Å². The Labute approximate surface area is 197 Å². The number of rotatable bonds is 7. The largest absolute Gasteiger partial charge is 0.353 e. The van der Waals surface area contributed by atoms with E-state index in [-0.39, 0.29) is 17.3 Å². The minimum atomic E-state index is -0.514. The predicted octanol–water partition coefficient (Wildman–Crippen LogP) is 6.89. The normalized spacial score (nSPS) is 10.8. The molecule has 0 spiro atoms. The van der Waals surface area contributed by atoms with Crippen molar-refractivity contribution in [3.63, 3.8) is 0 Å². The van der Waals surface area contributed by atoms with Crippen LogP contribution in [0.25, 0.3) is 0 Å². The van der Waals surface area contributed by atoms with Crippen LogP contribution in [-0.4, -0.2) is 14.9 Å². The van der Waals surface area contributed by atoms with Crippen molar-refractivity contribution in [3.8, 4) is 0 Å². The second-order valence-electron chi connectivity index (χ2n) is 6.52. The van der Waals surface area contributed by atoms with Gasteiger partial charge in [0, 0.05) is 14.9 Å². The van der Waals surface area contributed by atoms with E-state index in [1.165, 1.54) is 6.33 Å². The highest BCUT2D eigenvalue weighted by molar-refractivity contribution is 14.1. The first-order chi connectivity index (χ1) is 15.6. The van der Waals surface area contributed by atoms with E-state index in [4.69, 9.17) is 0 Å². The Balaban J connectivity index is 1.54. The van der Waals surface area contributed by atoms with Crippen LogP contribution in [0, 0.1) is 13.7 Å². The third kappa shape index (κ3) is 5.40. The summed E-state index contributed by atoms with van der Waals surface area (Å²) in [5.74, 6) is 0.179. The molecule has 0 aliphatic heterocycles. The van der Waals surface area contributed by atoms with Crippen LogP contribution in [-0.2, 0) is 0 Å². The van der Waals surface area contributed by atoms with Gasteiger partial charge in [-0.3, -0.25) is 10.1 Å². The molecule has 3 aromatic carbocycles. The van der Waals surface area contributed by atoms with Crippen molar-refractivity contribution in [3.05, 3.63) is 98.9 Å². The summed E-state index contributed by atoms with van der Waals surface area (Å²) >= 11 is 2.19. The van der Waals surface area contributed by atoms with Crippen molar-refractivity contribution in [1.29, 1.82) is 0 Å². The average molecular weight is 537 g/mol. The van der Waals surface area contributed by atoms with E-state index in [1.54, 1.807) is 24.3 Å². The molecule has 10 heteroatoms. The molecule has 0 aliphatic carbocycles. The number of nitro groups is 1. The average Bonchev–Trinajstić information content (AvgIpc) is 2.81. The van der Waals surface area contributed by atoms with Crippen LogP contribution < -0.4 is 10.6 Å². The first-order valence-corrected chi connectivity index (χ1v) is 10.5. The highest BCUT2D eigenvalue weighted by Gasteiger charge is 2.23. The minimum absolute atomic E-state index is 0.0803.